The van der Waals surface area contributed by atoms with Crippen LogP contribution in [0.25, 0.3) is 0 Å². The molecule has 1 aromatic rings. The van der Waals surface area contributed by atoms with E-state index in [1.165, 1.54) is 0 Å². The number of rotatable bonds is 5. The molecular formula is C11H15N3OS. The smallest absolute Gasteiger partial charge is 0.230 e. The van der Waals surface area contributed by atoms with Gasteiger partial charge in [0.15, 0.2) is 0 Å². The number of carbonyl (C=O) groups excluding carboxylic acids is 1. The molecular weight excluding hydrogens is 222 g/mol. The predicted molar refractivity (Wildman–Crippen MR) is 66.7 cm³/mol. The second-order valence-corrected chi connectivity index (χ2v) is 3.91. The first-order valence-electron chi connectivity index (χ1n) is 5.11. The van der Waals surface area contributed by atoms with Gasteiger partial charge in [0.25, 0.3) is 0 Å². The van der Waals surface area contributed by atoms with Crippen molar-refractivity contribution in [1.29, 1.82) is 0 Å². The van der Waals surface area contributed by atoms with E-state index in [0.29, 0.717) is 13.0 Å². The molecule has 0 aliphatic carbocycles. The Morgan fingerprint density at radius 2 is 2.44 bits per heavy atom. The number of nitrogens with zero attached hydrogens (tertiary/aromatic N) is 1. The van der Waals surface area contributed by atoms with E-state index in [1.54, 1.807) is 12.4 Å². The van der Waals surface area contributed by atoms with E-state index in [-0.39, 0.29) is 16.8 Å². The number of aromatic nitrogens is 1. The Bertz CT molecular complexity index is 367. The van der Waals surface area contributed by atoms with Crippen molar-refractivity contribution in [1.82, 2.24) is 10.3 Å². The van der Waals surface area contributed by atoms with Gasteiger partial charge in [0.2, 0.25) is 5.91 Å². The minimum Gasteiger partial charge on any atom is -0.393 e. The number of hydrogen-bond acceptors (Lipinski definition) is 3. The third-order valence-electron chi connectivity index (χ3n) is 2.26. The molecule has 3 N–H and O–H groups in total. The summed E-state index contributed by atoms with van der Waals surface area (Å²) in [6, 6.07) is 3.72. The molecule has 1 amide bonds. The second kappa shape index (κ2) is 6.17. The van der Waals surface area contributed by atoms with Crippen LogP contribution in [0.1, 0.15) is 18.9 Å². The molecule has 4 nitrogen and oxygen atoms in total. The highest BCUT2D eigenvalue weighted by Crippen LogP contribution is 2.04. The largest absolute Gasteiger partial charge is 0.393 e. The minimum absolute atomic E-state index is 0.126. The summed E-state index contributed by atoms with van der Waals surface area (Å²) in [4.78, 5) is 15.9. The molecule has 1 heterocycles. The van der Waals surface area contributed by atoms with Crippen molar-refractivity contribution in [3.8, 4) is 0 Å². The number of pyridine rings is 1. The van der Waals surface area contributed by atoms with Gasteiger partial charge in [-0.25, -0.2) is 0 Å². The summed E-state index contributed by atoms with van der Waals surface area (Å²) in [6.45, 7) is 2.33. The SMILES string of the molecule is CCC(C(=O)NCc1cccnc1)C(N)=S. The number of nitrogens with one attached hydrogen (secondary N) is 1. The van der Waals surface area contributed by atoms with E-state index in [2.05, 4.69) is 10.3 Å². The Morgan fingerprint density at radius 1 is 1.69 bits per heavy atom. The van der Waals surface area contributed by atoms with E-state index < -0.39 is 0 Å². The summed E-state index contributed by atoms with van der Waals surface area (Å²) < 4.78 is 0. The highest BCUT2D eigenvalue weighted by atomic mass is 32.1. The second-order valence-electron chi connectivity index (χ2n) is 3.44. The van der Waals surface area contributed by atoms with E-state index >= 15 is 0 Å². The van der Waals surface area contributed by atoms with Crippen LogP contribution in [0.2, 0.25) is 0 Å². The lowest BCUT2D eigenvalue weighted by atomic mass is 10.1. The molecule has 0 aliphatic heterocycles. The van der Waals surface area contributed by atoms with Crippen molar-refractivity contribution in [3.63, 3.8) is 0 Å². The zero-order chi connectivity index (χ0) is 12.0. The Hall–Kier alpha value is -1.49. The van der Waals surface area contributed by atoms with Crippen LogP contribution in [0.3, 0.4) is 0 Å². The monoisotopic (exact) mass is 237 g/mol. The molecule has 1 unspecified atom stereocenters. The standard InChI is InChI=1S/C11H15N3OS/c1-2-9(10(12)16)11(15)14-7-8-4-3-5-13-6-8/h3-6,9H,2,7H2,1H3,(H2,12,16)(H,14,15). The van der Waals surface area contributed by atoms with E-state index in [9.17, 15) is 4.79 Å². The van der Waals surface area contributed by atoms with E-state index in [4.69, 9.17) is 18.0 Å². The summed E-state index contributed by atoms with van der Waals surface area (Å²) >= 11 is 4.83. The number of carbonyl (C=O) groups is 1. The average Bonchev–Trinajstić information content (AvgIpc) is 2.28. The molecule has 1 aromatic heterocycles. The van der Waals surface area contributed by atoms with Gasteiger partial charge in [-0.1, -0.05) is 25.2 Å². The third-order valence-corrected chi connectivity index (χ3v) is 2.54. The summed E-state index contributed by atoms with van der Waals surface area (Å²) in [7, 11) is 0. The van der Waals surface area contributed by atoms with Gasteiger partial charge in [-0.2, -0.15) is 0 Å². The number of amides is 1. The first-order chi connectivity index (χ1) is 7.65. The summed E-state index contributed by atoms with van der Waals surface area (Å²) in [5.74, 6) is -0.509. The zero-order valence-electron chi connectivity index (χ0n) is 9.14. The minimum atomic E-state index is -0.383. The van der Waals surface area contributed by atoms with E-state index in [0.717, 1.165) is 5.56 Å². The van der Waals surface area contributed by atoms with Crippen molar-refractivity contribution < 1.29 is 4.79 Å². The molecule has 0 fully saturated rings. The van der Waals surface area contributed by atoms with Gasteiger partial charge >= 0.3 is 0 Å². The quantitative estimate of drug-likeness (QED) is 0.750. The fourth-order valence-electron chi connectivity index (χ4n) is 1.33. The van der Waals surface area contributed by atoms with Gasteiger partial charge < -0.3 is 11.1 Å². The maximum absolute atomic E-state index is 11.7. The highest BCUT2D eigenvalue weighted by Gasteiger charge is 2.18. The summed E-state index contributed by atoms with van der Waals surface area (Å²) in [5, 5.41) is 2.78. The Labute approximate surface area is 100 Å². The van der Waals surface area contributed by atoms with Crippen LogP contribution in [-0.4, -0.2) is 15.9 Å². The maximum Gasteiger partial charge on any atom is 0.230 e. The molecule has 0 spiro atoms. The maximum atomic E-state index is 11.7. The molecule has 0 aliphatic rings. The summed E-state index contributed by atoms with van der Waals surface area (Å²) in [6.07, 6.45) is 4.02. The Morgan fingerprint density at radius 3 is 2.94 bits per heavy atom. The van der Waals surface area contributed by atoms with Gasteiger partial charge in [0.05, 0.1) is 10.9 Å². The van der Waals surface area contributed by atoms with Crippen LogP contribution < -0.4 is 11.1 Å². The first kappa shape index (κ1) is 12.6. The van der Waals surface area contributed by atoms with Crippen molar-refractivity contribution in [2.75, 3.05) is 0 Å². The van der Waals surface area contributed by atoms with Crippen LogP contribution in [0.15, 0.2) is 24.5 Å². The van der Waals surface area contributed by atoms with Crippen LogP contribution in [0.4, 0.5) is 0 Å². The van der Waals surface area contributed by atoms with Crippen molar-refractivity contribution in [2.24, 2.45) is 11.7 Å². The topological polar surface area (TPSA) is 68.0 Å². The average molecular weight is 237 g/mol. The van der Waals surface area contributed by atoms with Gasteiger partial charge in [-0.05, 0) is 18.1 Å². The molecule has 86 valence electrons. The molecule has 16 heavy (non-hydrogen) atoms. The van der Waals surface area contributed by atoms with Crippen LogP contribution in [0, 0.1) is 5.92 Å². The van der Waals surface area contributed by atoms with Crippen molar-refractivity contribution in [3.05, 3.63) is 30.1 Å². The zero-order valence-corrected chi connectivity index (χ0v) is 9.96. The van der Waals surface area contributed by atoms with Crippen LogP contribution in [-0.2, 0) is 11.3 Å². The van der Waals surface area contributed by atoms with Gasteiger partial charge in [-0.15, -0.1) is 0 Å². The Balaban J connectivity index is 2.49. The van der Waals surface area contributed by atoms with Crippen molar-refractivity contribution >= 4 is 23.1 Å². The fraction of sp³-hybridized carbons (Fsp3) is 0.364. The van der Waals surface area contributed by atoms with Crippen LogP contribution >= 0.6 is 12.2 Å². The first-order valence-corrected chi connectivity index (χ1v) is 5.52. The Kier molecular flexibility index (Phi) is 4.85. The molecule has 0 bridgehead atoms. The predicted octanol–water partition coefficient (Wildman–Crippen LogP) is 1.01. The molecule has 0 aromatic carbocycles. The molecule has 5 heteroatoms. The third kappa shape index (κ3) is 3.58. The molecule has 1 rings (SSSR count). The highest BCUT2D eigenvalue weighted by molar-refractivity contribution is 7.80. The van der Waals surface area contributed by atoms with Crippen molar-refractivity contribution in [2.45, 2.75) is 19.9 Å². The number of nitrogens with two attached hydrogens (primary N) is 1. The summed E-state index contributed by atoms with van der Waals surface area (Å²) in [5.41, 5.74) is 6.43. The fourth-order valence-corrected chi connectivity index (χ4v) is 1.60. The van der Waals surface area contributed by atoms with E-state index in [1.807, 2.05) is 19.1 Å². The molecule has 0 radical (unpaired) electrons. The lowest BCUT2D eigenvalue weighted by Crippen LogP contribution is -2.37. The molecule has 1 atom stereocenters. The van der Waals surface area contributed by atoms with Gasteiger partial charge in [0, 0.05) is 18.9 Å². The molecule has 0 saturated heterocycles. The molecule has 0 saturated carbocycles. The van der Waals surface area contributed by atoms with Gasteiger partial charge in [-0.3, -0.25) is 9.78 Å². The number of thiocarbonyl (C=S) groups is 1. The number of hydrogen-bond donors (Lipinski definition) is 2. The van der Waals surface area contributed by atoms with Crippen LogP contribution in [0.5, 0.6) is 0 Å². The normalized spacial score (nSPS) is 11.8. The lowest BCUT2D eigenvalue weighted by Gasteiger charge is -2.13. The lowest BCUT2D eigenvalue weighted by molar-refractivity contribution is -0.123. The van der Waals surface area contributed by atoms with Gasteiger partial charge in [0.1, 0.15) is 0 Å².